The maximum atomic E-state index is 13.7. The molecule has 2 aromatic rings. The Morgan fingerprint density at radius 3 is 2.27 bits per heavy atom. The first-order valence-electron chi connectivity index (χ1n) is 9.84. The van der Waals surface area contributed by atoms with Crippen LogP contribution in [-0.2, 0) is 22.4 Å². The van der Waals surface area contributed by atoms with E-state index in [1.807, 2.05) is 12.1 Å². The second kappa shape index (κ2) is 10.6. The lowest BCUT2D eigenvalue weighted by Gasteiger charge is -2.19. The molecule has 0 aliphatic rings. The number of aryl methyl sites for hydroxylation is 1. The van der Waals surface area contributed by atoms with Gasteiger partial charge in [-0.2, -0.15) is 0 Å². The zero-order valence-corrected chi connectivity index (χ0v) is 17.9. The van der Waals surface area contributed by atoms with Crippen molar-refractivity contribution in [1.29, 1.82) is 0 Å². The number of nitrogens with one attached hydrogen (secondary N) is 2. The van der Waals surface area contributed by atoms with Crippen LogP contribution in [0.4, 0.5) is 14.9 Å². The molecular formula is C23H29FN2O4. The molecule has 0 saturated heterocycles. The molecule has 0 unspecified atom stereocenters. The Labute approximate surface area is 176 Å². The average molecular weight is 416 g/mol. The molecule has 0 aliphatic carbocycles. The van der Waals surface area contributed by atoms with E-state index >= 15 is 0 Å². The first-order chi connectivity index (χ1) is 14.2. The minimum atomic E-state index is -0.552. The molecule has 2 amide bonds. The molecule has 30 heavy (non-hydrogen) atoms. The van der Waals surface area contributed by atoms with Gasteiger partial charge in [0.05, 0.1) is 7.11 Å². The quantitative estimate of drug-likeness (QED) is 0.666. The highest BCUT2D eigenvalue weighted by Crippen LogP contribution is 2.18. The van der Waals surface area contributed by atoms with E-state index in [0.717, 1.165) is 11.1 Å². The number of carbonyl (C=O) groups is 2. The van der Waals surface area contributed by atoms with Gasteiger partial charge >= 0.3 is 6.09 Å². The number of benzene rings is 2. The number of amides is 2. The maximum absolute atomic E-state index is 13.7. The van der Waals surface area contributed by atoms with Crippen molar-refractivity contribution in [3.05, 3.63) is 59.4 Å². The van der Waals surface area contributed by atoms with Gasteiger partial charge in [0.25, 0.3) is 0 Å². The fraction of sp³-hybridized carbons (Fsp3) is 0.391. The number of hydrogen-bond acceptors (Lipinski definition) is 4. The Bertz CT molecular complexity index is 860. The minimum absolute atomic E-state index is 0.0885. The van der Waals surface area contributed by atoms with Crippen LogP contribution in [0.5, 0.6) is 5.75 Å². The molecule has 0 heterocycles. The smallest absolute Gasteiger partial charge is 0.412 e. The Hall–Kier alpha value is -3.09. The molecule has 2 aromatic carbocycles. The third-order valence-corrected chi connectivity index (χ3v) is 4.19. The van der Waals surface area contributed by atoms with Crippen LogP contribution in [0, 0.1) is 5.82 Å². The Kier molecular flexibility index (Phi) is 8.21. The van der Waals surface area contributed by atoms with E-state index in [1.165, 1.54) is 13.2 Å². The van der Waals surface area contributed by atoms with Crippen molar-refractivity contribution in [3.8, 4) is 5.75 Å². The van der Waals surface area contributed by atoms with Crippen molar-refractivity contribution in [1.82, 2.24) is 5.32 Å². The molecule has 0 radical (unpaired) electrons. The van der Waals surface area contributed by atoms with Crippen LogP contribution in [0.25, 0.3) is 0 Å². The standard InChI is InChI=1S/C23H29FN2O4/c1-23(2,3)30-22(28)26-18-9-5-16(6-10-18)13-14-25-21(27)12-8-17-7-11-20(29-4)19(24)15-17/h5-7,9-11,15H,8,12-14H2,1-4H3,(H,25,27)(H,26,28). The number of rotatable bonds is 8. The van der Waals surface area contributed by atoms with Crippen LogP contribution in [0.2, 0.25) is 0 Å². The van der Waals surface area contributed by atoms with Gasteiger partial charge in [0.2, 0.25) is 5.91 Å². The van der Waals surface area contributed by atoms with E-state index in [1.54, 1.807) is 45.0 Å². The summed E-state index contributed by atoms with van der Waals surface area (Å²) in [6.45, 7) is 5.91. The van der Waals surface area contributed by atoms with Gasteiger partial charge in [-0.25, -0.2) is 9.18 Å². The van der Waals surface area contributed by atoms with E-state index in [0.29, 0.717) is 25.1 Å². The van der Waals surface area contributed by atoms with E-state index in [4.69, 9.17) is 9.47 Å². The van der Waals surface area contributed by atoms with Crippen molar-refractivity contribution >= 4 is 17.7 Å². The van der Waals surface area contributed by atoms with Gasteiger partial charge in [0.1, 0.15) is 5.60 Å². The lowest BCUT2D eigenvalue weighted by Crippen LogP contribution is -2.27. The monoisotopic (exact) mass is 416 g/mol. The number of anilines is 1. The predicted molar refractivity (Wildman–Crippen MR) is 114 cm³/mol. The summed E-state index contributed by atoms with van der Waals surface area (Å²) in [6.07, 6.45) is 0.900. The molecule has 162 valence electrons. The molecule has 2 N–H and O–H groups in total. The zero-order chi connectivity index (χ0) is 22.1. The molecule has 7 heteroatoms. The lowest BCUT2D eigenvalue weighted by atomic mass is 10.1. The summed E-state index contributed by atoms with van der Waals surface area (Å²) in [5.41, 5.74) is 1.87. The molecule has 0 aliphatic heterocycles. The maximum Gasteiger partial charge on any atom is 0.412 e. The minimum Gasteiger partial charge on any atom is -0.494 e. The normalized spacial score (nSPS) is 11.0. The summed E-state index contributed by atoms with van der Waals surface area (Å²) in [4.78, 5) is 23.8. The predicted octanol–water partition coefficient (Wildman–Crippen LogP) is 4.47. The first-order valence-corrected chi connectivity index (χ1v) is 9.84. The van der Waals surface area contributed by atoms with Crippen molar-refractivity contribution in [2.24, 2.45) is 0 Å². The fourth-order valence-corrected chi connectivity index (χ4v) is 2.73. The van der Waals surface area contributed by atoms with Gasteiger partial charge < -0.3 is 14.8 Å². The summed E-state index contributed by atoms with van der Waals surface area (Å²) >= 11 is 0. The number of methoxy groups -OCH3 is 1. The SMILES string of the molecule is COc1ccc(CCC(=O)NCCc2ccc(NC(=O)OC(C)(C)C)cc2)cc1F. The third kappa shape index (κ3) is 8.11. The van der Waals surface area contributed by atoms with Gasteiger partial charge in [0.15, 0.2) is 11.6 Å². The van der Waals surface area contributed by atoms with Crippen molar-refractivity contribution in [2.45, 2.75) is 45.6 Å². The molecule has 0 aromatic heterocycles. The summed E-state index contributed by atoms with van der Waals surface area (Å²) in [5, 5.41) is 5.54. The second-order valence-corrected chi connectivity index (χ2v) is 7.89. The Morgan fingerprint density at radius 1 is 1.00 bits per heavy atom. The number of halogens is 1. The van der Waals surface area contributed by atoms with E-state index in [2.05, 4.69) is 10.6 Å². The van der Waals surface area contributed by atoms with Gasteiger partial charge in [0, 0.05) is 18.7 Å². The van der Waals surface area contributed by atoms with Crippen molar-refractivity contribution < 1.29 is 23.5 Å². The van der Waals surface area contributed by atoms with E-state index in [-0.39, 0.29) is 18.1 Å². The van der Waals surface area contributed by atoms with Crippen LogP contribution in [0.15, 0.2) is 42.5 Å². The second-order valence-electron chi connectivity index (χ2n) is 7.89. The molecule has 0 fully saturated rings. The summed E-state index contributed by atoms with van der Waals surface area (Å²) in [7, 11) is 1.41. The Balaban J connectivity index is 1.71. The molecule has 0 bridgehead atoms. The highest BCUT2D eigenvalue weighted by molar-refractivity contribution is 5.84. The molecule has 0 saturated carbocycles. The topological polar surface area (TPSA) is 76.7 Å². The van der Waals surface area contributed by atoms with E-state index < -0.39 is 17.5 Å². The van der Waals surface area contributed by atoms with Gasteiger partial charge in [-0.15, -0.1) is 0 Å². The van der Waals surface area contributed by atoms with Gasteiger partial charge in [-0.1, -0.05) is 18.2 Å². The number of carbonyl (C=O) groups excluding carboxylic acids is 2. The lowest BCUT2D eigenvalue weighted by molar-refractivity contribution is -0.121. The molecule has 0 spiro atoms. The molecule has 2 rings (SSSR count). The fourth-order valence-electron chi connectivity index (χ4n) is 2.73. The van der Waals surface area contributed by atoms with Crippen LogP contribution >= 0.6 is 0 Å². The van der Waals surface area contributed by atoms with E-state index in [9.17, 15) is 14.0 Å². The number of hydrogen-bond donors (Lipinski definition) is 2. The highest BCUT2D eigenvalue weighted by atomic mass is 19.1. The molecule has 0 atom stereocenters. The van der Waals surface area contributed by atoms with Crippen LogP contribution in [0.1, 0.15) is 38.3 Å². The third-order valence-electron chi connectivity index (χ3n) is 4.19. The largest absolute Gasteiger partial charge is 0.494 e. The zero-order valence-electron chi connectivity index (χ0n) is 17.9. The van der Waals surface area contributed by atoms with Gasteiger partial charge in [-0.3, -0.25) is 10.1 Å². The molecule has 6 nitrogen and oxygen atoms in total. The average Bonchev–Trinajstić information content (AvgIpc) is 2.66. The van der Waals surface area contributed by atoms with Gasteiger partial charge in [-0.05, 0) is 69.0 Å². The van der Waals surface area contributed by atoms with Crippen molar-refractivity contribution in [2.75, 3.05) is 19.0 Å². The highest BCUT2D eigenvalue weighted by Gasteiger charge is 2.16. The number of ether oxygens (including phenoxy) is 2. The summed E-state index contributed by atoms with van der Waals surface area (Å²) in [5.74, 6) is -0.329. The van der Waals surface area contributed by atoms with Crippen molar-refractivity contribution in [3.63, 3.8) is 0 Å². The summed E-state index contributed by atoms with van der Waals surface area (Å²) < 4.78 is 23.8. The van der Waals surface area contributed by atoms with Crippen LogP contribution in [-0.4, -0.2) is 31.3 Å². The van der Waals surface area contributed by atoms with Crippen LogP contribution < -0.4 is 15.4 Å². The summed E-state index contributed by atoms with van der Waals surface area (Å²) in [6, 6.07) is 12.1. The van der Waals surface area contributed by atoms with Crippen LogP contribution in [0.3, 0.4) is 0 Å². The Morgan fingerprint density at radius 2 is 1.67 bits per heavy atom. The first kappa shape index (κ1) is 23.2. The molecular weight excluding hydrogens is 387 g/mol.